The molecule has 1 aromatic carbocycles. The summed E-state index contributed by atoms with van der Waals surface area (Å²) in [4.78, 5) is 2.42. The molecule has 1 rings (SSSR count). The monoisotopic (exact) mass is 248 g/mol. The number of hydrogen-bond donors (Lipinski definition) is 1. The molecular weight excluding hydrogens is 220 g/mol. The molecule has 0 fully saturated rings. The molecule has 0 amide bonds. The van der Waals surface area contributed by atoms with Crippen molar-refractivity contribution in [2.45, 2.75) is 40.2 Å². The Labute approximate surface area is 112 Å². The fraction of sp³-hybridized carbons (Fsp3) is 0.625. The van der Waals surface area contributed by atoms with Crippen LogP contribution in [0, 0.1) is 20.8 Å². The zero-order valence-corrected chi connectivity index (χ0v) is 12.6. The van der Waals surface area contributed by atoms with Gasteiger partial charge in [-0.3, -0.25) is 0 Å². The Hall–Kier alpha value is -0.860. The Morgan fingerprint density at radius 2 is 1.67 bits per heavy atom. The smallest absolute Gasteiger partial charge is 0.0233 e. The van der Waals surface area contributed by atoms with Crippen LogP contribution in [0.2, 0.25) is 0 Å². The standard InChI is InChI=1S/C16H28N2/c1-13-10-15(3)16(11-14(13)2)12-18(5)9-7-6-8-17-4/h10-11,17H,6-9,12H2,1-5H3. The van der Waals surface area contributed by atoms with Crippen LogP contribution in [0.3, 0.4) is 0 Å². The first-order valence-electron chi connectivity index (χ1n) is 6.94. The van der Waals surface area contributed by atoms with Gasteiger partial charge in [0, 0.05) is 6.54 Å². The highest BCUT2D eigenvalue weighted by atomic mass is 15.1. The van der Waals surface area contributed by atoms with Crippen molar-refractivity contribution in [2.75, 3.05) is 27.2 Å². The minimum atomic E-state index is 1.06. The van der Waals surface area contributed by atoms with Gasteiger partial charge in [-0.1, -0.05) is 12.1 Å². The summed E-state index contributed by atoms with van der Waals surface area (Å²) in [5.41, 5.74) is 5.68. The first-order valence-corrected chi connectivity index (χ1v) is 6.94. The molecule has 0 saturated carbocycles. The summed E-state index contributed by atoms with van der Waals surface area (Å²) < 4.78 is 0. The molecule has 0 heterocycles. The molecule has 2 heteroatoms. The van der Waals surface area contributed by atoms with Crippen LogP contribution in [0.25, 0.3) is 0 Å². The third-order valence-electron chi connectivity index (χ3n) is 3.61. The van der Waals surface area contributed by atoms with E-state index < -0.39 is 0 Å². The number of nitrogens with one attached hydrogen (secondary N) is 1. The quantitative estimate of drug-likeness (QED) is 0.746. The first kappa shape index (κ1) is 15.2. The highest BCUT2D eigenvalue weighted by Gasteiger charge is 2.05. The molecular formula is C16H28N2. The Balaban J connectivity index is 2.48. The third kappa shape index (κ3) is 4.79. The zero-order valence-electron chi connectivity index (χ0n) is 12.6. The van der Waals surface area contributed by atoms with E-state index in [-0.39, 0.29) is 0 Å². The largest absolute Gasteiger partial charge is 0.320 e. The van der Waals surface area contributed by atoms with Gasteiger partial charge in [0.1, 0.15) is 0 Å². The molecule has 2 nitrogen and oxygen atoms in total. The lowest BCUT2D eigenvalue weighted by Crippen LogP contribution is -2.21. The molecule has 0 atom stereocenters. The fourth-order valence-electron chi connectivity index (χ4n) is 2.24. The van der Waals surface area contributed by atoms with Gasteiger partial charge < -0.3 is 10.2 Å². The molecule has 18 heavy (non-hydrogen) atoms. The van der Waals surface area contributed by atoms with E-state index in [1.807, 2.05) is 7.05 Å². The molecule has 102 valence electrons. The molecule has 0 radical (unpaired) electrons. The highest BCUT2D eigenvalue weighted by molar-refractivity contribution is 5.36. The van der Waals surface area contributed by atoms with Crippen LogP contribution in [0.1, 0.15) is 35.1 Å². The summed E-state index contributed by atoms with van der Waals surface area (Å²) in [6.45, 7) is 9.96. The summed E-state index contributed by atoms with van der Waals surface area (Å²) in [5.74, 6) is 0. The lowest BCUT2D eigenvalue weighted by Gasteiger charge is -2.19. The average Bonchev–Trinajstić information content (AvgIpc) is 2.32. The van der Waals surface area contributed by atoms with Crippen molar-refractivity contribution in [3.05, 3.63) is 34.4 Å². The van der Waals surface area contributed by atoms with E-state index in [1.165, 1.54) is 41.6 Å². The average molecular weight is 248 g/mol. The minimum Gasteiger partial charge on any atom is -0.320 e. The van der Waals surface area contributed by atoms with Crippen LogP contribution < -0.4 is 5.32 Å². The van der Waals surface area contributed by atoms with Crippen molar-refractivity contribution in [2.24, 2.45) is 0 Å². The van der Waals surface area contributed by atoms with Gasteiger partial charge in [0.25, 0.3) is 0 Å². The predicted molar refractivity (Wildman–Crippen MR) is 80.1 cm³/mol. The number of rotatable bonds is 7. The summed E-state index contributed by atoms with van der Waals surface area (Å²) in [7, 11) is 4.23. The van der Waals surface area contributed by atoms with Crippen LogP contribution in [-0.2, 0) is 6.54 Å². The van der Waals surface area contributed by atoms with Crippen molar-refractivity contribution in [1.82, 2.24) is 10.2 Å². The maximum absolute atomic E-state index is 3.20. The molecule has 0 aliphatic heterocycles. The van der Waals surface area contributed by atoms with Gasteiger partial charge in [-0.15, -0.1) is 0 Å². The number of nitrogens with zero attached hydrogens (tertiary/aromatic N) is 1. The maximum Gasteiger partial charge on any atom is 0.0233 e. The van der Waals surface area contributed by atoms with E-state index in [2.05, 4.69) is 50.2 Å². The summed E-state index contributed by atoms with van der Waals surface area (Å²) in [6.07, 6.45) is 2.52. The van der Waals surface area contributed by atoms with Crippen LogP contribution in [0.5, 0.6) is 0 Å². The van der Waals surface area contributed by atoms with Crippen molar-refractivity contribution in [3.63, 3.8) is 0 Å². The van der Waals surface area contributed by atoms with Crippen LogP contribution in [0.4, 0.5) is 0 Å². The Morgan fingerprint density at radius 1 is 1.00 bits per heavy atom. The number of unbranched alkanes of at least 4 members (excludes halogenated alkanes) is 1. The first-order chi connectivity index (χ1) is 8.54. The summed E-state index contributed by atoms with van der Waals surface area (Å²) in [5, 5.41) is 3.20. The summed E-state index contributed by atoms with van der Waals surface area (Å²) >= 11 is 0. The van der Waals surface area contributed by atoms with Gasteiger partial charge in [0.15, 0.2) is 0 Å². The zero-order chi connectivity index (χ0) is 13.5. The van der Waals surface area contributed by atoms with Crippen molar-refractivity contribution in [1.29, 1.82) is 0 Å². The van der Waals surface area contributed by atoms with Crippen LogP contribution in [0.15, 0.2) is 12.1 Å². The van der Waals surface area contributed by atoms with Gasteiger partial charge in [0.2, 0.25) is 0 Å². The fourth-order valence-corrected chi connectivity index (χ4v) is 2.24. The highest BCUT2D eigenvalue weighted by Crippen LogP contribution is 2.16. The SMILES string of the molecule is CNCCCCN(C)Cc1cc(C)c(C)cc1C. The molecule has 1 aromatic rings. The van der Waals surface area contributed by atoms with E-state index in [4.69, 9.17) is 0 Å². The van der Waals surface area contributed by atoms with E-state index in [0.717, 1.165) is 13.1 Å². The van der Waals surface area contributed by atoms with Crippen LogP contribution in [-0.4, -0.2) is 32.1 Å². The van der Waals surface area contributed by atoms with Crippen molar-refractivity contribution in [3.8, 4) is 0 Å². The predicted octanol–water partition coefficient (Wildman–Crippen LogP) is 3.04. The number of aryl methyl sites for hydroxylation is 3. The van der Waals surface area contributed by atoms with Crippen molar-refractivity contribution >= 4 is 0 Å². The van der Waals surface area contributed by atoms with Gasteiger partial charge in [-0.25, -0.2) is 0 Å². The second kappa shape index (κ2) is 7.55. The lowest BCUT2D eigenvalue weighted by atomic mass is 10.0. The Kier molecular flexibility index (Phi) is 6.37. The Morgan fingerprint density at radius 3 is 2.33 bits per heavy atom. The van der Waals surface area contributed by atoms with Crippen molar-refractivity contribution < 1.29 is 0 Å². The van der Waals surface area contributed by atoms with Gasteiger partial charge in [-0.2, -0.15) is 0 Å². The second-order valence-corrected chi connectivity index (χ2v) is 5.41. The lowest BCUT2D eigenvalue weighted by molar-refractivity contribution is 0.317. The molecule has 0 aliphatic carbocycles. The van der Waals surface area contributed by atoms with E-state index in [0.29, 0.717) is 0 Å². The molecule has 0 aromatic heterocycles. The third-order valence-corrected chi connectivity index (χ3v) is 3.61. The van der Waals surface area contributed by atoms with Crippen LogP contribution >= 0.6 is 0 Å². The van der Waals surface area contributed by atoms with E-state index in [1.54, 1.807) is 0 Å². The minimum absolute atomic E-state index is 1.06. The molecule has 0 saturated heterocycles. The normalized spacial score (nSPS) is 11.2. The molecule has 0 bridgehead atoms. The van der Waals surface area contributed by atoms with Gasteiger partial charge in [0.05, 0.1) is 0 Å². The maximum atomic E-state index is 3.20. The van der Waals surface area contributed by atoms with E-state index >= 15 is 0 Å². The van der Waals surface area contributed by atoms with E-state index in [9.17, 15) is 0 Å². The molecule has 1 N–H and O–H groups in total. The number of hydrogen-bond acceptors (Lipinski definition) is 2. The molecule has 0 aliphatic rings. The molecule has 0 unspecified atom stereocenters. The number of benzene rings is 1. The topological polar surface area (TPSA) is 15.3 Å². The summed E-state index contributed by atoms with van der Waals surface area (Å²) in [6, 6.07) is 4.65. The van der Waals surface area contributed by atoms with Gasteiger partial charge in [-0.05, 0) is 83.1 Å². The molecule has 0 spiro atoms. The Bertz CT molecular complexity index is 372. The van der Waals surface area contributed by atoms with Gasteiger partial charge >= 0.3 is 0 Å². The second-order valence-electron chi connectivity index (χ2n) is 5.41.